The molecule has 0 saturated carbocycles. The predicted octanol–water partition coefficient (Wildman–Crippen LogP) is 0.921. The number of H-pyrrole nitrogens is 1. The Morgan fingerprint density at radius 3 is 2.73 bits per heavy atom. The topological polar surface area (TPSA) is 79.1 Å². The first-order valence-electron chi connectivity index (χ1n) is 4.95. The molecule has 0 unspecified atom stereocenters. The Bertz CT molecular complexity index is 345. The van der Waals surface area contributed by atoms with Crippen molar-refractivity contribution in [2.24, 2.45) is 10.7 Å². The molecule has 0 aliphatic carbocycles. The predicted molar refractivity (Wildman–Crippen MR) is 61.5 cm³/mol. The van der Waals surface area contributed by atoms with Gasteiger partial charge in [-0.25, -0.2) is 4.99 Å². The number of aromatic amines is 1. The molecule has 84 valence electrons. The molecule has 0 atom stereocenters. The fourth-order valence-electron chi connectivity index (χ4n) is 1.13. The number of aryl methyl sites for hydroxylation is 1. The van der Waals surface area contributed by atoms with E-state index in [4.69, 9.17) is 5.73 Å². The second-order valence-corrected chi connectivity index (χ2v) is 4.60. The summed E-state index contributed by atoms with van der Waals surface area (Å²) < 4.78 is 0. The molecule has 0 saturated heterocycles. The average Bonchev–Trinajstić information content (AvgIpc) is 2.44. The number of aliphatic imine (C=N–C) groups is 1. The van der Waals surface area contributed by atoms with Gasteiger partial charge in [-0.2, -0.15) is 5.10 Å². The van der Waals surface area contributed by atoms with Gasteiger partial charge in [-0.05, 0) is 27.7 Å². The Balaban J connectivity index is 2.55. The van der Waals surface area contributed by atoms with Crippen LogP contribution in [0.4, 0.5) is 0 Å². The fourth-order valence-corrected chi connectivity index (χ4v) is 1.13. The van der Waals surface area contributed by atoms with Gasteiger partial charge in [-0.15, -0.1) is 0 Å². The van der Waals surface area contributed by atoms with E-state index in [1.54, 1.807) is 6.20 Å². The summed E-state index contributed by atoms with van der Waals surface area (Å²) in [5.41, 5.74) is 7.77. The van der Waals surface area contributed by atoms with Gasteiger partial charge in [-0.1, -0.05) is 0 Å². The van der Waals surface area contributed by atoms with Crippen molar-refractivity contribution < 1.29 is 0 Å². The number of nitrogens with one attached hydrogen (secondary N) is 2. The molecule has 0 bridgehead atoms. The Hall–Kier alpha value is -1.52. The number of aromatic nitrogens is 2. The maximum Gasteiger partial charge on any atom is 0.189 e. The third-order valence-electron chi connectivity index (χ3n) is 1.86. The second kappa shape index (κ2) is 4.33. The van der Waals surface area contributed by atoms with E-state index in [0.717, 1.165) is 11.3 Å². The lowest BCUT2D eigenvalue weighted by molar-refractivity contribution is 0.508. The lowest BCUT2D eigenvalue weighted by atomic mass is 10.1. The first-order valence-corrected chi connectivity index (χ1v) is 4.95. The van der Waals surface area contributed by atoms with Crippen molar-refractivity contribution in [3.8, 4) is 0 Å². The molecular weight excluding hydrogens is 190 g/mol. The summed E-state index contributed by atoms with van der Waals surface area (Å²) in [6.45, 7) is 8.64. The molecule has 1 aromatic rings. The number of nitrogens with zero attached hydrogens (tertiary/aromatic N) is 2. The summed E-state index contributed by atoms with van der Waals surface area (Å²) in [4.78, 5) is 4.24. The Morgan fingerprint density at radius 2 is 2.27 bits per heavy atom. The number of hydrogen-bond donors (Lipinski definition) is 3. The minimum absolute atomic E-state index is 0.0565. The van der Waals surface area contributed by atoms with Gasteiger partial charge in [0.1, 0.15) is 0 Å². The van der Waals surface area contributed by atoms with Gasteiger partial charge in [0.2, 0.25) is 0 Å². The third kappa shape index (κ3) is 4.01. The molecular formula is C10H19N5. The van der Waals surface area contributed by atoms with E-state index in [2.05, 4.69) is 20.5 Å². The number of guanidine groups is 1. The Labute approximate surface area is 90.2 Å². The summed E-state index contributed by atoms with van der Waals surface area (Å²) in [6.07, 6.45) is 1.77. The SMILES string of the molecule is Cc1[nH]ncc1CN=C(N)NC(C)(C)C. The van der Waals surface area contributed by atoms with Crippen molar-refractivity contribution in [1.29, 1.82) is 0 Å². The van der Waals surface area contributed by atoms with Crippen LogP contribution < -0.4 is 11.1 Å². The van der Waals surface area contributed by atoms with Gasteiger partial charge in [0.25, 0.3) is 0 Å². The second-order valence-electron chi connectivity index (χ2n) is 4.60. The lowest BCUT2D eigenvalue weighted by Crippen LogP contribution is -2.44. The average molecular weight is 209 g/mol. The molecule has 0 aromatic carbocycles. The molecule has 0 aliphatic heterocycles. The monoisotopic (exact) mass is 209 g/mol. The highest BCUT2D eigenvalue weighted by atomic mass is 15.1. The van der Waals surface area contributed by atoms with Crippen LogP contribution in [0.2, 0.25) is 0 Å². The summed E-state index contributed by atoms with van der Waals surface area (Å²) in [6, 6.07) is 0. The summed E-state index contributed by atoms with van der Waals surface area (Å²) in [5.74, 6) is 0.461. The van der Waals surface area contributed by atoms with Crippen LogP contribution in [0.25, 0.3) is 0 Å². The minimum Gasteiger partial charge on any atom is -0.370 e. The summed E-state index contributed by atoms with van der Waals surface area (Å²) >= 11 is 0. The largest absolute Gasteiger partial charge is 0.370 e. The molecule has 0 amide bonds. The van der Waals surface area contributed by atoms with Crippen molar-refractivity contribution in [2.75, 3.05) is 0 Å². The van der Waals surface area contributed by atoms with Crippen molar-refractivity contribution >= 4 is 5.96 Å². The Morgan fingerprint density at radius 1 is 1.60 bits per heavy atom. The van der Waals surface area contributed by atoms with Crippen LogP contribution in [0.5, 0.6) is 0 Å². The van der Waals surface area contributed by atoms with Crippen LogP contribution in [-0.4, -0.2) is 21.7 Å². The number of hydrogen-bond acceptors (Lipinski definition) is 2. The normalized spacial score (nSPS) is 12.9. The first kappa shape index (κ1) is 11.6. The molecule has 5 heteroatoms. The van der Waals surface area contributed by atoms with Crippen molar-refractivity contribution in [3.05, 3.63) is 17.5 Å². The van der Waals surface area contributed by atoms with E-state index < -0.39 is 0 Å². The van der Waals surface area contributed by atoms with Gasteiger partial charge >= 0.3 is 0 Å². The highest BCUT2D eigenvalue weighted by Gasteiger charge is 2.09. The highest BCUT2D eigenvalue weighted by Crippen LogP contribution is 2.04. The molecule has 0 radical (unpaired) electrons. The molecule has 1 rings (SSSR count). The zero-order valence-electron chi connectivity index (χ0n) is 9.76. The maximum atomic E-state index is 5.73. The minimum atomic E-state index is -0.0565. The highest BCUT2D eigenvalue weighted by molar-refractivity contribution is 5.78. The van der Waals surface area contributed by atoms with Crippen LogP contribution in [0.3, 0.4) is 0 Å². The van der Waals surface area contributed by atoms with Crippen LogP contribution in [0.1, 0.15) is 32.0 Å². The van der Waals surface area contributed by atoms with E-state index in [1.165, 1.54) is 0 Å². The quantitative estimate of drug-likeness (QED) is 0.500. The zero-order chi connectivity index (χ0) is 11.5. The van der Waals surface area contributed by atoms with Crippen LogP contribution >= 0.6 is 0 Å². The van der Waals surface area contributed by atoms with E-state index in [9.17, 15) is 0 Å². The van der Waals surface area contributed by atoms with Gasteiger partial charge in [0.15, 0.2) is 5.96 Å². The van der Waals surface area contributed by atoms with Crippen LogP contribution in [0, 0.1) is 6.92 Å². The van der Waals surface area contributed by atoms with E-state index in [1.807, 2.05) is 27.7 Å². The molecule has 0 spiro atoms. The van der Waals surface area contributed by atoms with Gasteiger partial charge in [0.05, 0.1) is 12.7 Å². The lowest BCUT2D eigenvalue weighted by Gasteiger charge is -2.20. The molecule has 15 heavy (non-hydrogen) atoms. The van der Waals surface area contributed by atoms with E-state index >= 15 is 0 Å². The maximum absolute atomic E-state index is 5.73. The first-order chi connectivity index (χ1) is 6.88. The van der Waals surface area contributed by atoms with Crippen molar-refractivity contribution in [1.82, 2.24) is 15.5 Å². The molecule has 1 heterocycles. The van der Waals surface area contributed by atoms with Gasteiger partial charge in [0, 0.05) is 16.8 Å². The molecule has 0 aliphatic rings. The van der Waals surface area contributed by atoms with Gasteiger partial charge in [-0.3, -0.25) is 5.10 Å². The van der Waals surface area contributed by atoms with Gasteiger partial charge < -0.3 is 11.1 Å². The van der Waals surface area contributed by atoms with Crippen molar-refractivity contribution in [3.63, 3.8) is 0 Å². The van der Waals surface area contributed by atoms with E-state index in [-0.39, 0.29) is 5.54 Å². The standard InChI is InChI=1S/C10H19N5/c1-7-8(6-13-15-7)5-12-9(11)14-10(2,3)4/h6H,5H2,1-4H3,(H,13,15)(H3,11,12,14). The van der Waals surface area contributed by atoms with Crippen molar-refractivity contribution in [2.45, 2.75) is 39.8 Å². The fraction of sp³-hybridized carbons (Fsp3) is 0.600. The Kier molecular flexibility index (Phi) is 3.34. The summed E-state index contributed by atoms with van der Waals surface area (Å²) in [7, 11) is 0. The van der Waals surface area contributed by atoms with E-state index in [0.29, 0.717) is 12.5 Å². The molecule has 5 nitrogen and oxygen atoms in total. The molecule has 1 aromatic heterocycles. The third-order valence-corrected chi connectivity index (χ3v) is 1.86. The zero-order valence-corrected chi connectivity index (χ0v) is 9.76. The van der Waals surface area contributed by atoms with Crippen LogP contribution in [-0.2, 0) is 6.54 Å². The molecule has 0 fully saturated rings. The van der Waals surface area contributed by atoms with Crippen LogP contribution in [0.15, 0.2) is 11.2 Å². The number of rotatable bonds is 2. The smallest absolute Gasteiger partial charge is 0.189 e. The summed E-state index contributed by atoms with van der Waals surface area (Å²) in [5, 5.41) is 9.88. The number of nitrogens with two attached hydrogens (primary N) is 1. The molecule has 4 N–H and O–H groups in total.